The van der Waals surface area contributed by atoms with Crippen molar-refractivity contribution in [1.82, 2.24) is 14.8 Å². The van der Waals surface area contributed by atoms with Crippen molar-refractivity contribution in [1.29, 1.82) is 0 Å². The summed E-state index contributed by atoms with van der Waals surface area (Å²) in [5.41, 5.74) is 0.0669. The van der Waals surface area contributed by atoms with Crippen molar-refractivity contribution in [3.8, 4) is 0 Å². The molecular weight excluding hydrogens is 303 g/mol. The Hall–Kier alpha value is -1.60. The summed E-state index contributed by atoms with van der Waals surface area (Å²) in [5, 5.41) is 11.3. The Labute approximate surface area is 124 Å². The molecule has 1 N–H and O–H groups in total. The maximum absolute atomic E-state index is 13.5. The van der Waals surface area contributed by atoms with Gasteiger partial charge in [-0.05, 0) is 25.1 Å². The van der Waals surface area contributed by atoms with Crippen LogP contribution < -0.4 is 5.32 Å². The predicted octanol–water partition coefficient (Wildman–Crippen LogP) is 2.65. The summed E-state index contributed by atoms with van der Waals surface area (Å²) in [4.78, 5) is 11.8. The van der Waals surface area contributed by atoms with Crippen molar-refractivity contribution >= 4 is 35.0 Å². The SMILES string of the molecule is Cc1nnc(SCC(=O)Nc2cc(Cl)ccc2F)n1C. The molecule has 2 rings (SSSR count). The van der Waals surface area contributed by atoms with Gasteiger partial charge in [0, 0.05) is 12.1 Å². The van der Waals surface area contributed by atoms with E-state index in [1.54, 1.807) is 4.57 Å². The first-order valence-corrected chi connectivity index (χ1v) is 7.07. The third-order valence-electron chi connectivity index (χ3n) is 2.59. The number of rotatable bonds is 4. The number of nitrogens with zero attached hydrogens (tertiary/aromatic N) is 3. The third kappa shape index (κ3) is 3.49. The Kier molecular flexibility index (Phi) is 4.61. The van der Waals surface area contributed by atoms with E-state index in [2.05, 4.69) is 15.5 Å². The molecule has 0 aliphatic carbocycles. The third-order valence-corrected chi connectivity index (χ3v) is 3.84. The predicted molar refractivity (Wildman–Crippen MR) is 76.5 cm³/mol. The van der Waals surface area contributed by atoms with E-state index in [1.165, 1.54) is 30.0 Å². The van der Waals surface area contributed by atoms with Gasteiger partial charge in [-0.3, -0.25) is 4.79 Å². The van der Waals surface area contributed by atoms with Gasteiger partial charge in [0.25, 0.3) is 0 Å². The molecule has 5 nitrogen and oxygen atoms in total. The molecule has 0 saturated heterocycles. The van der Waals surface area contributed by atoms with Crippen LogP contribution in [0.2, 0.25) is 5.02 Å². The molecule has 0 aliphatic heterocycles. The number of nitrogens with one attached hydrogen (secondary N) is 1. The van der Waals surface area contributed by atoms with Crippen LogP contribution in [-0.2, 0) is 11.8 Å². The van der Waals surface area contributed by atoms with Crippen molar-refractivity contribution in [3.63, 3.8) is 0 Å². The largest absolute Gasteiger partial charge is 0.323 e. The van der Waals surface area contributed by atoms with Crippen molar-refractivity contribution in [2.45, 2.75) is 12.1 Å². The molecule has 1 aromatic heterocycles. The van der Waals surface area contributed by atoms with Gasteiger partial charge in [-0.2, -0.15) is 0 Å². The quantitative estimate of drug-likeness (QED) is 0.881. The summed E-state index contributed by atoms with van der Waals surface area (Å²) in [7, 11) is 1.81. The zero-order valence-corrected chi connectivity index (χ0v) is 12.4. The second-order valence-corrected chi connectivity index (χ2v) is 5.43. The molecule has 0 radical (unpaired) electrons. The van der Waals surface area contributed by atoms with Gasteiger partial charge in [-0.15, -0.1) is 10.2 Å². The first-order chi connectivity index (χ1) is 9.47. The summed E-state index contributed by atoms with van der Waals surface area (Å²) >= 11 is 6.98. The molecule has 0 atom stereocenters. The average Bonchev–Trinajstić information content (AvgIpc) is 2.72. The summed E-state index contributed by atoms with van der Waals surface area (Å²) in [5.74, 6) is 0.00523. The summed E-state index contributed by atoms with van der Waals surface area (Å²) in [6.45, 7) is 1.82. The van der Waals surface area contributed by atoms with Crippen LogP contribution in [0.3, 0.4) is 0 Å². The van der Waals surface area contributed by atoms with Gasteiger partial charge in [0.1, 0.15) is 11.6 Å². The van der Waals surface area contributed by atoms with Crippen LogP contribution in [0.15, 0.2) is 23.4 Å². The average molecular weight is 315 g/mol. The first-order valence-electron chi connectivity index (χ1n) is 5.71. The van der Waals surface area contributed by atoms with E-state index in [4.69, 9.17) is 11.6 Å². The number of hydrogen-bond acceptors (Lipinski definition) is 4. The molecule has 106 valence electrons. The highest BCUT2D eigenvalue weighted by molar-refractivity contribution is 7.99. The first kappa shape index (κ1) is 14.8. The minimum atomic E-state index is -0.526. The number of halogens is 2. The molecule has 0 unspecified atom stereocenters. The molecule has 1 amide bonds. The van der Waals surface area contributed by atoms with Gasteiger partial charge in [0.05, 0.1) is 11.4 Å². The Morgan fingerprint density at radius 1 is 1.50 bits per heavy atom. The lowest BCUT2D eigenvalue weighted by molar-refractivity contribution is -0.113. The van der Waals surface area contributed by atoms with Crippen LogP contribution in [0.5, 0.6) is 0 Å². The molecule has 0 fully saturated rings. The monoisotopic (exact) mass is 314 g/mol. The van der Waals surface area contributed by atoms with Gasteiger partial charge in [-0.1, -0.05) is 23.4 Å². The maximum atomic E-state index is 13.5. The lowest BCUT2D eigenvalue weighted by atomic mass is 10.3. The fourth-order valence-electron chi connectivity index (χ4n) is 1.42. The van der Waals surface area contributed by atoms with E-state index in [9.17, 15) is 9.18 Å². The lowest BCUT2D eigenvalue weighted by Gasteiger charge is -2.06. The Morgan fingerprint density at radius 3 is 2.90 bits per heavy atom. The molecule has 0 saturated carbocycles. The van der Waals surface area contributed by atoms with Crippen LogP contribution in [-0.4, -0.2) is 26.4 Å². The van der Waals surface area contributed by atoms with E-state index in [1.807, 2.05) is 14.0 Å². The highest BCUT2D eigenvalue weighted by Crippen LogP contribution is 2.20. The number of carbonyl (C=O) groups is 1. The maximum Gasteiger partial charge on any atom is 0.234 e. The highest BCUT2D eigenvalue weighted by Gasteiger charge is 2.11. The number of thioether (sulfide) groups is 1. The van der Waals surface area contributed by atoms with Crippen LogP contribution in [0.1, 0.15) is 5.82 Å². The second kappa shape index (κ2) is 6.23. The topological polar surface area (TPSA) is 59.8 Å². The zero-order valence-electron chi connectivity index (χ0n) is 10.9. The Balaban J connectivity index is 1.96. The van der Waals surface area contributed by atoms with Crippen molar-refractivity contribution in [2.75, 3.05) is 11.1 Å². The molecule has 2 aromatic rings. The van der Waals surface area contributed by atoms with Crippen LogP contribution in [0, 0.1) is 12.7 Å². The lowest BCUT2D eigenvalue weighted by Crippen LogP contribution is -2.15. The van der Waals surface area contributed by atoms with Gasteiger partial charge in [0.2, 0.25) is 5.91 Å². The number of hydrogen-bond donors (Lipinski definition) is 1. The molecule has 20 heavy (non-hydrogen) atoms. The fourth-order valence-corrected chi connectivity index (χ4v) is 2.35. The van der Waals surface area contributed by atoms with Gasteiger partial charge >= 0.3 is 0 Å². The Bertz CT molecular complexity index is 646. The van der Waals surface area contributed by atoms with E-state index >= 15 is 0 Å². The number of anilines is 1. The minimum absolute atomic E-state index is 0.0669. The zero-order chi connectivity index (χ0) is 14.7. The molecule has 1 aromatic carbocycles. The molecular formula is C12H12ClFN4OS. The molecule has 0 aliphatic rings. The van der Waals surface area contributed by atoms with E-state index in [0.29, 0.717) is 10.2 Å². The van der Waals surface area contributed by atoms with Crippen LogP contribution in [0.4, 0.5) is 10.1 Å². The molecule has 8 heteroatoms. The second-order valence-electron chi connectivity index (χ2n) is 4.05. The fraction of sp³-hybridized carbons (Fsp3) is 0.250. The van der Waals surface area contributed by atoms with Crippen LogP contribution in [0.25, 0.3) is 0 Å². The molecule has 0 bridgehead atoms. The van der Waals surface area contributed by atoms with Gasteiger partial charge < -0.3 is 9.88 Å². The Morgan fingerprint density at radius 2 is 2.25 bits per heavy atom. The number of aryl methyl sites for hydroxylation is 1. The van der Waals surface area contributed by atoms with Crippen molar-refractivity contribution in [3.05, 3.63) is 34.9 Å². The smallest absolute Gasteiger partial charge is 0.234 e. The molecule has 1 heterocycles. The van der Waals surface area contributed by atoms with Crippen molar-refractivity contribution < 1.29 is 9.18 Å². The number of benzene rings is 1. The molecule has 0 spiro atoms. The van der Waals surface area contributed by atoms with Gasteiger partial charge in [0.15, 0.2) is 5.16 Å². The van der Waals surface area contributed by atoms with Crippen molar-refractivity contribution in [2.24, 2.45) is 7.05 Å². The summed E-state index contributed by atoms with van der Waals surface area (Å²) in [6.07, 6.45) is 0. The summed E-state index contributed by atoms with van der Waals surface area (Å²) < 4.78 is 15.2. The minimum Gasteiger partial charge on any atom is -0.323 e. The summed E-state index contributed by atoms with van der Waals surface area (Å²) in [6, 6.07) is 3.99. The van der Waals surface area contributed by atoms with E-state index in [-0.39, 0.29) is 17.3 Å². The van der Waals surface area contributed by atoms with Gasteiger partial charge in [-0.25, -0.2) is 4.39 Å². The standard InChI is InChI=1S/C12H12ClFN4OS/c1-7-16-17-12(18(7)2)20-6-11(19)15-10-5-8(13)3-4-9(10)14/h3-5H,6H2,1-2H3,(H,15,19). The number of aromatic nitrogens is 3. The highest BCUT2D eigenvalue weighted by atomic mass is 35.5. The van der Waals surface area contributed by atoms with Crippen LogP contribution >= 0.6 is 23.4 Å². The van der Waals surface area contributed by atoms with E-state index < -0.39 is 5.82 Å². The number of carbonyl (C=O) groups excluding carboxylic acids is 1. The van der Waals surface area contributed by atoms with E-state index in [0.717, 1.165) is 5.82 Å². The number of amides is 1. The normalized spacial score (nSPS) is 10.6.